The zero-order valence-electron chi connectivity index (χ0n) is 20.3. The first-order chi connectivity index (χ1) is 15.7. The van der Waals surface area contributed by atoms with E-state index in [4.69, 9.17) is 0 Å². The van der Waals surface area contributed by atoms with Gasteiger partial charge < -0.3 is 10.4 Å². The van der Waals surface area contributed by atoms with Gasteiger partial charge in [-0.1, -0.05) is 115 Å². The number of unbranched alkanes of at least 4 members (excludes halogenated alkanes) is 15. The van der Waals surface area contributed by atoms with Crippen LogP contribution in [0, 0.1) is 0 Å². The second-order valence-electron chi connectivity index (χ2n) is 9.31. The van der Waals surface area contributed by atoms with Gasteiger partial charge in [0.05, 0.1) is 0 Å². The lowest BCUT2D eigenvalue weighted by Crippen LogP contribution is -2.24. The number of carbonyl (C=O) groups excluding carboxylic acids is 1. The van der Waals surface area contributed by atoms with Gasteiger partial charge >= 0.3 is 0 Å². The van der Waals surface area contributed by atoms with Crippen molar-refractivity contribution in [2.45, 2.75) is 110 Å². The molecule has 3 heteroatoms. The number of carbonyl (C=O) groups is 1. The quantitative estimate of drug-likeness (QED) is 0.229. The highest BCUT2D eigenvalue weighted by atomic mass is 16.3. The summed E-state index contributed by atoms with van der Waals surface area (Å²) in [6, 6.07) is 10.8. The molecule has 0 aliphatic rings. The van der Waals surface area contributed by atoms with Crippen molar-refractivity contribution < 1.29 is 9.90 Å². The standard InChI is InChI=1S/C29H45NO2/c1-2-3-4-5-6-7-8-9-10-11-12-13-14-15-16-17-22-30-29(32)27-19-18-26-24-28(31)21-20-25(26)23-27/h18-21,23-24,31H,2-17,22H2,1H3,(H,30,32). The molecule has 0 aliphatic carbocycles. The molecular weight excluding hydrogens is 394 g/mol. The SMILES string of the molecule is CCCCCCCCCCCCCCCCCCNC(=O)c1ccc2cc(O)ccc2c1. The molecule has 0 aliphatic heterocycles. The van der Waals surface area contributed by atoms with Crippen molar-refractivity contribution in [3.8, 4) is 5.75 Å². The van der Waals surface area contributed by atoms with Crippen molar-refractivity contribution in [3.05, 3.63) is 42.0 Å². The smallest absolute Gasteiger partial charge is 0.251 e. The van der Waals surface area contributed by atoms with Gasteiger partial charge in [-0.2, -0.15) is 0 Å². The number of phenolic OH excluding ortho intramolecular Hbond substituents is 1. The molecule has 0 fully saturated rings. The summed E-state index contributed by atoms with van der Waals surface area (Å²) in [5.74, 6) is 0.235. The Kier molecular flexibility index (Phi) is 13.6. The number of rotatable bonds is 18. The maximum Gasteiger partial charge on any atom is 0.251 e. The van der Waals surface area contributed by atoms with Crippen molar-refractivity contribution in [2.24, 2.45) is 0 Å². The number of hydrogen-bond acceptors (Lipinski definition) is 2. The number of fused-ring (bicyclic) bond motifs is 1. The molecule has 0 heterocycles. The third kappa shape index (κ3) is 11.0. The number of nitrogens with one attached hydrogen (secondary N) is 1. The van der Waals surface area contributed by atoms with E-state index in [1.54, 1.807) is 12.1 Å². The molecule has 1 amide bonds. The molecule has 0 unspecified atom stereocenters. The van der Waals surface area contributed by atoms with Crippen LogP contribution in [0.2, 0.25) is 0 Å². The first kappa shape index (κ1) is 26.2. The van der Waals surface area contributed by atoms with E-state index in [1.807, 2.05) is 24.3 Å². The lowest BCUT2D eigenvalue weighted by molar-refractivity contribution is 0.0953. The van der Waals surface area contributed by atoms with Crippen molar-refractivity contribution in [1.29, 1.82) is 0 Å². The fourth-order valence-corrected chi connectivity index (χ4v) is 4.35. The molecule has 0 radical (unpaired) electrons. The Balaban J connectivity index is 1.39. The molecule has 2 aromatic rings. The molecule has 0 saturated heterocycles. The van der Waals surface area contributed by atoms with E-state index in [0.29, 0.717) is 5.56 Å². The normalized spacial score (nSPS) is 11.2. The highest BCUT2D eigenvalue weighted by molar-refractivity contribution is 5.98. The third-order valence-electron chi connectivity index (χ3n) is 6.40. The van der Waals surface area contributed by atoms with Gasteiger partial charge in [-0.05, 0) is 41.5 Å². The largest absolute Gasteiger partial charge is 0.508 e. The van der Waals surface area contributed by atoms with E-state index >= 15 is 0 Å². The number of aromatic hydroxyl groups is 1. The maximum atomic E-state index is 12.4. The molecule has 2 aromatic carbocycles. The van der Waals surface area contributed by atoms with Gasteiger partial charge in [0.2, 0.25) is 0 Å². The van der Waals surface area contributed by atoms with Crippen molar-refractivity contribution >= 4 is 16.7 Å². The minimum atomic E-state index is -0.0130. The molecule has 2 rings (SSSR count). The predicted molar refractivity (Wildman–Crippen MR) is 137 cm³/mol. The average molecular weight is 440 g/mol. The average Bonchev–Trinajstić information content (AvgIpc) is 2.80. The Labute approximate surface area is 196 Å². The summed E-state index contributed by atoms with van der Waals surface area (Å²) in [4.78, 5) is 12.4. The van der Waals surface area contributed by atoms with E-state index in [0.717, 1.165) is 23.7 Å². The van der Waals surface area contributed by atoms with Crippen LogP contribution in [0.3, 0.4) is 0 Å². The Hall–Kier alpha value is -2.03. The number of phenols is 1. The molecule has 2 N–H and O–H groups in total. The molecule has 0 bridgehead atoms. The van der Waals surface area contributed by atoms with Crippen molar-refractivity contribution in [3.63, 3.8) is 0 Å². The van der Waals surface area contributed by atoms with Gasteiger partial charge in [0.15, 0.2) is 0 Å². The first-order valence-electron chi connectivity index (χ1n) is 13.2. The molecule has 0 atom stereocenters. The topological polar surface area (TPSA) is 49.3 Å². The van der Waals surface area contributed by atoms with E-state index in [9.17, 15) is 9.90 Å². The highest BCUT2D eigenvalue weighted by Gasteiger charge is 2.06. The fraction of sp³-hybridized carbons (Fsp3) is 0.621. The monoisotopic (exact) mass is 439 g/mol. The van der Waals surface area contributed by atoms with E-state index in [1.165, 1.54) is 96.3 Å². The Bertz CT molecular complexity index is 771. The zero-order valence-corrected chi connectivity index (χ0v) is 20.3. The van der Waals surface area contributed by atoms with E-state index < -0.39 is 0 Å². The van der Waals surface area contributed by atoms with Gasteiger partial charge in [-0.15, -0.1) is 0 Å². The summed E-state index contributed by atoms with van der Waals surface area (Å²) < 4.78 is 0. The minimum absolute atomic E-state index is 0.0130. The van der Waals surface area contributed by atoms with Gasteiger partial charge in [0.25, 0.3) is 5.91 Å². The Morgan fingerprint density at radius 2 is 1.12 bits per heavy atom. The van der Waals surface area contributed by atoms with Gasteiger partial charge in [0.1, 0.15) is 5.75 Å². The predicted octanol–water partition coefficient (Wildman–Crippen LogP) is 8.54. The maximum absolute atomic E-state index is 12.4. The first-order valence-corrected chi connectivity index (χ1v) is 13.2. The van der Waals surface area contributed by atoms with Crippen LogP contribution in [0.15, 0.2) is 36.4 Å². The number of benzene rings is 2. The van der Waals surface area contributed by atoms with Crippen LogP contribution in [0.25, 0.3) is 10.8 Å². The van der Waals surface area contributed by atoms with Crippen LogP contribution >= 0.6 is 0 Å². The fourth-order valence-electron chi connectivity index (χ4n) is 4.35. The summed E-state index contributed by atoms with van der Waals surface area (Å²) in [5.41, 5.74) is 0.680. The third-order valence-corrected chi connectivity index (χ3v) is 6.40. The van der Waals surface area contributed by atoms with Crippen LogP contribution in [-0.4, -0.2) is 17.6 Å². The lowest BCUT2D eigenvalue weighted by atomic mass is 10.0. The minimum Gasteiger partial charge on any atom is -0.508 e. The van der Waals surface area contributed by atoms with Gasteiger partial charge in [-0.25, -0.2) is 0 Å². The molecule has 178 valence electrons. The summed E-state index contributed by atoms with van der Waals surface area (Å²) in [6.07, 6.45) is 21.7. The molecule has 0 spiro atoms. The zero-order chi connectivity index (χ0) is 22.9. The van der Waals surface area contributed by atoms with Crippen LogP contribution in [0.1, 0.15) is 120 Å². The molecule has 0 aromatic heterocycles. The van der Waals surface area contributed by atoms with Crippen LogP contribution in [-0.2, 0) is 0 Å². The summed E-state index contributed by atoms with van der Waals surface area (Å²) in [7, 11) is 0. The van der Waals surface area contributed by atoms with Crippen molar-refractivity contribution in [1.82, 2.24) is 5.32 Å². The second kappa shape index (κ2) is 16.6. The number of amides is 1. The lowest BCUT2D eigenvalue weighted by Gasteiger charge is -2.07. The Morgan fingerprint density at radius 3 is 1.69 bits per heavy atom. The van der Waals surface area contributed by atoms with Crippen molar-refractivity contribution in [2.75, 3.05) is 6.54 Å². The second-order valence-corrected chi connectivity index (χ2v) is 9.31. The molecule has 3 nitrogen and oxygen atoms in total. The van der Waals surface area contributed by atoms with Crippen LogP contribution in [0.4, 0.5) is 0 Å². The van der Waals surface area contributed by atoms with Crippen LogP contribution < -0.4 is 5.32 Å². The van der Waals surface area contributed by atoms with E-state index in [2.05, 4.69) is 12.2 Å². The van der Waals surface area contributed by atoms with Crippen LogP contribution in [0.5, 0.6) is 5.75 Å². The Morgan fingerprint density at radius 1 is 0.656 bits per heavy atom. The van der Waals surface area contributed by atoms with E-state index in [-0.39, 0.29) is 11.7 Å². The summed E-state index contributed by atoms with van der Waals surface area (Å²) in [6.45, 7) is 3.02. The molecule has 0 saturated carbocycles. The molecular formula is C29H45NO2. The summed E-state index contributed by atoms with van der Waals surface area (Å²) >= 11 is 0. The molecule has 32 heavy (non-hydrogen) atoms. The van der Waals surface area contributed by atoms with Gasteiger partial charge in [-0.3, -0.25) is 4.79 Å². The highest BCUT2D eigenvalue weighted by Crippen LogP contribution is 2.21. The number of hydrogen-bond donors (Lipinski definition) is 2. The van der Waals surface area contributed by atoms with Gasteiger partial charge in [0, 0.05) is 12.1 Å². The summed E-state index contributed by atoms with van der Waals surface area (Å²) in [5, 5.41) is 14.5.